The van der Waals surface area contributed by atoms with Crippen molar-refractivity contribution in [2.75, 3.05) is 0 Å². The van der Waals surface area contributed by atoms with Gasteiger partial charge in [-0.3, -0.25) is 0 Å². The van der Waals surface area contributed by atoms with Crippen LogP contribution in [0.15, 0.2) is 36.4 Å². The van der Waals surface area contributed by atoms with E-state index in [1.165, 1.54) is 11.1 Å². The van der Waals surface area contributed by atoms with Crippen LogP contribution in [0.2, 0.25) is 0 Å². The zero-order valence-electron chi connectivity index (χ0n) is 9.47. The number of rotatable bonds is 1. The maximum absolute atomic E-state index is 11.3. The normalized spacial score (nSPS) is 35.6. The van der Waals surface area contributed by atoms with Gasteiger partial charge in [0.15, 0.2) is 0 Å². The van der Waals surface area contributed by atoms with Gasteiger partial charge in [0.25, 0.3) is 0 Å². The number of allylic oxidation sites excluding steroid dienone is 2. The van der Waals surface area contributed by atoms with Crippen molar-refractivity contribution in [3.05, 3.63) is 47.5 Å². The summed E-state index contributed by atoms with van der Waals surface area (Å²) in [4.78, 5) is 11.3. The second-order valence-corrected chi connectivity index (χ2v) is 5.00. The monoisotopic (exact) mass is 212 g/mol. The summed E-state index contributed by atoms with van der Waals surface area (Å²) in [6, 6.07) is 8.43. The number of fused-ring (bicyclic) bond motifs is 3. The van der Waals surface area contributed by atoms with E-state index in [-0.39, 0.29) is 5.92 Å². The Balaban J connectivity index is 2.16. The molecule has 1 heteroatoms. The second kappa shape index (κ2) is 3.58. The molecule has 0 amide bonds. The molecule has 0 fully saturated rings. The zero-order chi connectivity index (χ0) is 11.1. The van der Waals surface area contributed by atoms with Gasteiger partial charge in [-0.2, -0.15) is 0 Å². The third-order valence-corrected chi connectivity index (χ3v) is 4.32. The van der Waals surface area contributed by atoms with E-state index >= 15 is 0 Å². The fourth-order valence-electron chi connectivity index (χ4n) is 3.41. The van der Waals surface area contributed by atoms with Gasteiger partial charge in [-0.05, 0) is 29.4 Å². The maximum atomic E-state index is 11.3. The number of hydrogen-bond donors (Lipinski definition) is 0. The molecule has 0 spiro atoms. The van der Waals surface area contributed by atoms with Gasteiger partial charge in [0.1, 0.15) is 6.29 Å². The zero-order valence-corrected chi connectivity index (χ0v) is 9.47. The number of carbonyl (C=O) groups excluding carboxylic acids is 1. The molecule has 0 saturated carbocycles. The van der Waals surface area contributed by atoms with Gasteiger partial charge in [0, 0.05) is 11.8 Å². The van der Waals surface area contributed by atoms with Crippen molar-refractivity contribution in [3.8, 4) is 0 Å². The van der Waals surface area contributed by atoms with E-state index in [1.54, 1.807) is 0 Å². The molecule has 0 aromatic heterocycles. The molecule has 4 atom stereocenters. The van der Waals surface area contributed by atoms with Crippen LogP contribution < -0.4 is 0 Å². The summed E-state index contributed by atoms with van der Waals surface area (Å²) in [5, 5.41) is 0. The first kappa shape index (κ1) is 9.83. The molecule has 2 aliphatic rings. The molecular formula is C15H16O. The van der Waals surface area contributed by atoms with Gasteiger partial charge in [0.2, 0.25) is 0 Å². The number of aldehydes is 1. The van der Waals surface area contributed by atoms with Crippen LogP contribution in [0.4, 0.5) is 0 Å². The average Bonchev–Trinajstić information content (AvgIpc) is 2.79. The Labute approximate surface area is 96.2 Å². The van der Waals surface area contributed by atoms with E-state index in [2.05, 4.69) is 37.3 Å². The Morgan fingerprint density at radius 2 is 2.00 bits per heavy atom. The van der Waals surface area contributed by atoms with Gasteiger partial charge in [0.05, 0.1) is 0 Å². The van der Waals surface area contributed by atoms with Gasteiger partial charge < -0.3 is 4.79 Å². The Kier molecular flexibility index (Phi) is 2.20. The molecule has 16 heavy (non-hydrogen) atoms. The molecule has 1 aromatic carbocycles. The topological polar surface area (TPSA) is 17.1 Å². The Bertz CT molecular complexity index is 432. The fourth-order valence-corrected chi connectivity index (χ4v) is 3.41. The van der Waals surface area contributed by atoms with Gasteiger partial charge in [-0.15, -0.1) is 0 Å². The lowest BCUT2D eigenvalue weighted by molar-refractivity contribution is -0.110. The molecule has 1 aromatic rings. The van der Waals surface area contributed by atoms with E-state index in [1.807, 2.05) is 6.07 Å². The third-order valence-electron chi connectivity index (χ3n) is 4.32. The van der Waals surface area contributed by atoms with Crippen molar-refractivity contribution in [1.29, 1.82) is 0 Å². The SMILES string of the molecule is C[C@@H]1[C@H]2CC=C[C@H]2c2ccccc2[C@H]1C=O. The van der Waals surface area contributed by atoms with Crippen LogP contribution in [0.25, 0.3) is 0 Å². The Morgan fingerprint density at radius 1 is 1.25 bits per heavy atom. The summed E-state index contributed by atoms with van der Waals surface area (Å²) < 4.78 is 0. The van der Waals surface area contributed by atoms with Crippen molar-refractivity contribution in [2.24, 2.45) is 11.8 Å². The first-order chi connectivity index (χ1) is 7.83. The molecule has 0 saturated heterocycles. The smallest absolute Gasteiger partial charge is 0.127 e. The van der Waals surface area contributed by atoms with Crippen molar-refractivity contribution in [1.82, 2.24) is 0 Å². The van der Waals surface area contributed by atoms with Gasteiger partial charge in [-0.25, -0.2) is 0 Å². The lowest BCUT2D eigenvalue weighted by atomic mass is 9.66. The van der Waals surface area contributed by atoms with Crippen molar-refractivity contribution < 1.29 is 4.79 Å². The molecule has 0 bridgehead atoms. The summed E-state index contributed by atoms with van der Waals surface area (Å²) in [5.74, 6) is 1.73. The lowest BCUT2D eigenvalue weighted by Crippen LogP contribution is -2.29. The quantitative estimate of drug-likeness (QED) is 0.515. The third kappa shape index (κ3) is 1.21. The predicted octanol–water partition coefficient (Wildman–Crippen LogP) is 3.28. The van der Waals surface area contributed by atoms with Crippen LogP contribution in [0.5, 0.6) is 0 Å². The first-order valence-electron chi connectivity index (χ1n) is 6.03. The molecule has 82 valence electrons. The summed E-state index contributed by atoms with van der Waals surface area (Å²) >= 11 is 0. The van der Waals surface area contributed by atoms with E-state index in [0.29, 0.717) is 17.8 Å². The molecule has 3 rings (SSSR count). The van der Waals surface area contributed by atoms with Gasteiger partial charge >= 0.3 is 0 Å². The number of benzene rings is 1. The van der Waals surface area contributed by atoms with Crippen LogP contribution in [-0.4, -0.2) is 6.29 Å². The summed E-state index contributed by atoms with van der Waals surface area (Å²) in [7, 11) is 0. The number of carbonyl (C=O) groups is 1. The molecule has 0 N–H and O–H groups in total. The molecular weight excluding hydrogens is 196 g/mol. The minimum atomic E-state index is 0.0948. The lowest BCUT2D eigenvalue weighted by Gasteiger charge is -2.37. The predicted molar refractivity (Wildman–Crippen MR) is 64.4 cm³/mol. The van der Waals surface area contributed by atoms with E-state index in [9.17, 15) is 4.79 Å². The molecule has 0 radical (unpaired) electrons. The fraction of sp³-hybridized carbons (Fsp3) is 0.400. The first-order valence-corrected chi connectivity index (χ1v) is 6.03. The minimum absolute atomic E-state index is 0.0948. The molecule has 1 nitrogen and oxygen atoms in total. The van der Waals surface area contributed by atoms with Crippen LogP contribution in [0.3, 0.4) is 0 Å². The molecule has 0 heterocycles. The average molecular weight is 212 g/mol. The van der Waals surface area contributed by atoms with Crippen molar-refractivity contribution in [2.45, 2.75) is 25.2 Å². The van der Waals surface area contributed by atoms with E-state index < -0.39 is 0 Å². The van der Waals surface area contributed by atoms with E-state index in [4.69, 9.17) is 0 Å². The Morgan fingerprint density at radius 3 is 2.75 bits per heavy atom. The number of hydrogen-bond acceptors (Lipinski definition) is 1. The second-order valence-electron chi connectivity index (χ2n) is 5.00. The summed E-state index contributed by atoms with van der Waals surface area (Å²) in [5.41, 5.74) is 2.62. The largest absolute Gasteiger partial charge is 0.303 e. The molecule has 2 aliphatic carbocycles. The Hall–Kier alpha value is -1.37. The maximum Gasteiger partial charge on any atom is 0.127 e. The summed E-state index contributed by atoms with van der Waals surface area (Å²) in [6.07, 6.45) is 6.86. The minimum Gasteiger partial charge on any atom is -0.303 e. The highest BCUT2D eigenvalue weighted by Gasteiger charge is 2.40. The highest BCUT2D eigenvalue weighted by Crippen LogP contribution is 2.50. The summed E-state index contributed by atoms with van der Waals surface area (Å²) in [6.45, 7) is 2.22. The van der Waals surface area contributed by atoms with Gasteiger partial charge in [-0.1, -0.05) is 43.3 Å². The molecule has 0 unspecified atom stereocenters. The van der Waals surface area contributed by atoms with Crippen molar-refractivity contribution in [3.63, 3.8) is 0 Å². The highest BCUT2D eigenvalue weighted by molar-refractivity contribution is 5.66. The molecule has 0 aliphatic heterocycles. The van der Waals surface area contributed by atoms with Crippen LogP contribution in [-0.2, 0) is 4.79 Å². The standard InChI is InChI=1S/C15H16O/c1-10-11-7-4-8-12(11)13-5-2-3-6-14(13)15(10)9-16/h2-6,8-12,15H,7H2,1H3/t10-,11-,12-,15+/m1/s1. The van der Waals surface area contributed by atoms with E-state index in [0.717, 1.165) is 12.7 Å². The highest BCUT2D eigenvalue weighted by atomic mass is 16.1. The van der Waals surface area contributed by atoms with Crippen molar-refractivity contribution >= 4 is 6.29 Å². The van der Waals surface area contributed by atoms with Crippen LogP contribution >= 0.6 is 0 Å². The van der Waals surface area contributed by atoms with Crippen LogP contribution in [0.1, 0.15) is 36.3 Å². The van der Waals surface area contributed by atoms with Crippen LogP contribution in [0, 0.1) is 11.8 Å².